The summed E-state index contributed by atoms with van der Waals surface area (Å²) in [5.74, 6) is -1.11. The fourth-order valence-corrected chi connectivity index (χ4v) is 1.67. The molecule has 0 amide bonds. The first-order valence-electron chi connectivity index (χ1n) is 5.60. The van der Waals surface area contributed by atoms with Gasteiger partial charge in [-0.25, -0.2) is 4.79 Å². The van der Waals surface area contributed by atoms with Crippen LogP contribution in [-0.2, 0) is 0 Å². The van der Waals surface area contributed by atoms with Crippen molar-refractivity contribution in [3.05, 3.63) is 57.9 Å². The standard InChI is InChI=1S/C13H10N2O5/c1-8-7-14-6-5-10(8)20-11-4-2-3-9(15(18)19)12(11)13(16)17/h2-7H,1H3,(H,16,17). The van der Waals surface area contributed by atoms with Gasteiger partial charge in [0.15, 0.2) is 5.56 Å². The van der Waals surface area contributed by atoms with Crippen molar-refractivity contribution in [1.29, 1.82) is 0 Å². The van der Waals surface area contributed by atoms with Crippen molar-refractivity contribution in [3.63, 3.8) is 0 Å². The van der Waals surface area contributed by atoms with Crippen LogP contribution in [0.15, 0.2) is 36.7 Å². The Bertz CT molecular complexity index is 684. The minimum absolute atomic E-state index is 0.0824. The number of benzene rings is 1. The molecule has 20 heavy (non-hydrogen) atoms. The molecule has 0 saturated heterocycles. The Kier molecular flexibility index (Phi) is 3.60. The van der Waals surface area contributed by atoms with Gasteiger partial charge >= 0.3 is 5.97 Å². The fourth-order valence-electron chi connectivity index (χ4n) is 1.67. The number of nitro groups is 1. The third-order valence-electron chi connectivity index (χ3n) is 2.60. The number of carbonyl (C=O) groups is 1. The molecule has 1 aromatic heterocycles. The van der Waals surface area contributed by atoms with Crippen LogP contribution in [0.2, 0.25) is 0 Å². The number of hydrogen-bond acceptors (Lipinski definition) is 5. The van der Waals surface area contributed by atoms with Gasteiger partial charge in [-0.05, 0) is 19.1 Å². The number of hydrogen-bond donors (Lipinski definition) is 1. The van der Waals surface area contributed by atoms with E-state index in [4.69, 9.17) is 9.84 Å². The molecule has 1 N–H and O–H groups in total. The van der Waals surface area contributed by atoms with Crippen LogP contribution in [-0.4, -0.2) is 21.0 Å². The Morgan fingerprint density at radius 3 is 2.70 bits per heavy atom. The molecule has 0 saturated carbocycles. The number of aromatic nitrogens is 1. The summed E-state index contributed by atoms with van der Waals surface area (Å²) >= 11 is 0. The van der Waals surface area contributed by atoms with E-state index in [9.17, 15) is 14.9 Å². The molecule has 0 unspecified atom stereocenters. The molecule has 2 aromatic rings. The highest BCUT2D eigenvalue weighted by molar-refractivity contribution is 5.95. The molecule has 2 rings (SSSR count). The van der Waals surface area contributed by atoms with Crippen LogP contribution in [0.1, 0.15) is 15.9 Å². The number of pyridine rings is 1. The van der Waals surface area contributed by atoms with Gasteiger partial charge in [-0.2, -0.15) is 0 Å². The summed E-state index contributed by atoms with van der Waals surface area (Å²) in [6, 6.07) is 5.42. The SMILES string of the molecule is Cc1cnccc1Oc1cccc([N+](=O)[O-])c1C(=O)O. The maximum absolute atomic E-state index is 11.2. The van der Waals surface area contributed by atoms with E-state index < -0.39 is 22.1 Å². The van der Waals surface area contributed by atoms with E-state index >= 15 is 0 Å². The molecule has 102 valence electrons. The summed E-state index contributed by atoms with van der Waals surface area (Å²) in [6.45, 7) is 1.74. The van der Waals surface area contributed by atoms with E-state index in [2.05, 4.69) is 4.98 Å². The van der Waals surface area contributed by atoms with Gasteiger partial charge in [-0.1, -0.05) is 6.07 Å². The Labute approximate surface area is 113 Å². The van der Waals surface area contributed by atoms with Crippen LogP contribution in [0.5, 0.6) is 11.5 Å². The average molecular weight is 274 g/mol. The van der Waals surface area contributed by atoms with Crippen molar-refractivity contribution >= 4 is 11.7 Å². The van der Waals surface area contributed by atoms with Gasteiger partial charge in [0.05, 0.1) is 4.92 Å². The van der Waals surface area contributed by atoms with Crippen molar-refractivity contribution in [2.24, 2.45) is 0 Å². The Morgan fingerprint density at radius 1 is 1.35 bits per heavy atom. The Hall–Kier alpha value is -2.96. The highest BCUT2D eigenvalue weighted by Gasteiger charge is 2.25. The van der Waals surface area contributed by atoms with Gasteiger partial charge in [0, 0.05) is 24.0 Å². The van der Waals surface area contributed by atoms with E-state index in [0.29, 0.717) is 11.3 Å². The smallest absolute Gasteiger partial charge is 0.346 e. The minimum Gasteiger partial charge on any atom is -0.477 e. The molecular weight excluding hydrogens is 264 g/mol. The van der Waals surface area contributed by atoms with Crippen LogP contribution < -0.4 is 4.74 Å². The summed E-state index contributed by atoms with van der Waals surface area (Å²) in [5, 5.41) is 20.0. The first-order valence-corrected chi connectivity index (χ1v) is 5.60. The van der Waals surface area contributed by atoms with Crippen molar-refractivity contribution < 1.29 is 19.6 Å². The molecule has 0 aliphatic heterocycles. The zero-order valence-corrected chi connectivity index (χ0v) is 10.4. The van der Waals surface area contributed by atoms with Crippen LogP contribution in [0.4, 0.5) is 5.69 Å². The van der Waals surface area contributed by atoms with E-state index in [1.807, 2.05) is 0 Å². The van der Waals surface area contributed by atoms with E-state index in [1.54, 1.807) is 19.2 Å². The van der Waals surface area contributed by atoms with Gasteiger partial charge < -0.3 is 9.84 Å². The molecule has 0 radical (unpaired) electrons. The van der Waals surface area contributed by atoms with Crippen LogP contribution in [0.25, 0.3) is 0 Å². The molecular formula is C13H10N2O5. The molecule has 0 atom stereocenters. The number of carboxylic acids is 1. The number of rotatable bonds is 4. The lowest BCUT2D eigenvalue weighted by Crippen LogP contribution is -2.05. The fraction of sp³-hybridized carbons (Fsp3) is 0.0769. The van der Waals surface area contributed by atoms with Crippen LogP contribution in [0.3, 0.4) is 0 Å². The molecule has 0 aliphatic carbocycles. The van der Waals surface area contributed by atoms with E-state index in [1.165, 1.54) is 18.3 Å². The molecule has 0 spiro atoms. The van der Waals surface area contributed by atoms with Gasteiger partial charge in [-0.15, -0.1) is 0 Å². The van der Waals surface area contributed by atoms with Crippen molar-refractivity contribution in [1.82, 2.24) is 4.98 Å². The summed E-state index contributed by atoms with van der Waals surface area (Å²) in [6.07, 6.45) is 3.03. The molecule has 7 nitrogen and oxygen atoms in total. The maximum atomic E-state index is 11.2. The Balaban J connectivity index is 2.52. The topological polar surface area (TPSA) is 103 Å². The Morgan fingerprint density at radius 2 is 2.10 bits per heavy atom. The van der Waals surface area contributed by atoms with Crippen molar-refractivity contribution in [2.75, 3.05) is 0 Å². The van der Waals surface area contributed by atoms with Crippen molar-refractivity contribution in [2.45, 2.75) is 6.92 Å². The summed E-state index contributed by atoms with van der Waals surface area (Å²) < 4.78 is 5.47. The largest absolute Gasteiger partial charge is 0.477 e. The number of ether oxygens (including phenoxy) is 1. The van der Waals surface area contributed by atoms with Crippen LogP contribution >= 0.6 is 0 Å². The summed E-state index contributed by atoms with van der Waals surface area (Å²) in [5.41, 5.74) is -0.300. The molecule has 0 fully saturated rings. The lowest BCUT2D eigenvalue weighted by molar-refractivity contribution is -0.385. The quantitative estimate of drug-likeness (QED) is 0.679. The zero-order valence-electron chi connectivity index (χ0n) is 10.4. The lowest BCUT2D eigenvalue weighted by atomic mass is 10.1. The van der Waals surface area contributed by atoms with Gasteiger partial charge in [0.25, 0.3) is 5.69 Å². The van der Waals surface area contributed by atoms with Gasteiger partial charge in [0.1, 0.15) is 11.5 Å². The minimum atomic E-state index is -1.42. The summed E-state index contributed by atoms with van der Waals surface area (Å²) in [4.78, 5) is 25.2. The normalized spacial score (nSPS) is 10.1. The third kappa shape index (κ3) is 2.56. The lowest BCUT2D eigenvalue weighted by Gasteiger charge is -2.10. The number of carboxylic acid groups (broad SMARTS) is 1. The number of nitrogens with zero attached hydrogens (tertiary/aromatic N) is 2. The van der Waals surface area contributed by atoms with E-state index in [0.717, 1.165) is 6.07 Å². The molecule has 1 heterocycles. The van der Waals surface area contributed by atoms with Gasteiger partial charge in [0.2, 0.25) is 0 Å². The molecule has 0 aliphatic rings. The number of aromatic carboxylic acids is 1. The average Bonchev–Trinajstić information content (AvgIpc) is 2.40. The number of nitro benzene ring substituents is 1. The molecule has 0 bridgehead atoms. The summed E-state index contributed by atoms with van der Waals surface area (Å²) in [7, 11) is 0. The maximum Gasteiger partial charge on any atom is 0.346 e. The van der Waals surface area contributed by atoms with Crippen LogP contribution in [0, 0.1) is 17.0 Å². The first-order chi connectivity index (χ1) is 9.50. The first kappa shape index (κ1) is 13.5. The third-order valence-corrected chi connectivity index (χ3v) is 2.60. The number of aryl methyl sites for hydroxylation is 1. The second-order valence-corrected chi connectivity index (χ2v) is 3.96. The highest BCUT2D eigenvalue weighted by Crippen LogP contribution is 2.32. The molecule has 1 aromatic carbocycles. The van der Waals surface area contributed by atoms with E-state index in [-0.39, 0.29) is 5.75 Å². The predicted molar refractivity (Wildman–Crippen MR) is 69.1 cm³/mol. The second-order valence-electron chi connectivity index (χ2n) is 3.96. The predicted octanol–water partition coefficient (Wildman–Crippen LogP) is 2.79. The highest BCUT2D eigenvalue weighted by atomic mass is 16.6. The monoisotopic (exact) mass is 274 g/mol. The zero-order chi connectivity index (χ0) is 14.7. The second kappa shape index (κ2) is 5.35. The molecule has 7 heteroatoms. The van der Waals surface area contributed by atoms with Gasteiger partial charge in [-0.3, -0.25) is 15.1 Å². The van der Waals surface area contributed by atoms with Crippen molar-refractivity contribution in [3.8, 4) is 11.5 Å².